The van der Waals surface area contributed by atoms with Crippen molar-refractivity contribution in [3.05, 3.63) is 65.0 Å². The van der Waals surface area contributed by atoms with E-state index in [4.69, 9.17) is 9.47 Å². The van der Waals surface area contributed by atoms with Gasteiger partial charge in [0.05, 0.1) is 25.4 Å². The van der Waals surface area contributed by atoms with E-state index in [1.54, 1.807) is 13.2 Å². The van der Waals surface area contributed by atoms with Crippen molar-refractivity contribution in [2.45, 2.75) is 69.6 Å². The molecule has 2 amide bonds. The van der Waals surface area contributed by atoms with Crippen LogP contribution in [-0.4, -0.2) is 62.5 Å². The van der Waals surface area contributed by atoms with Gasteiger partial charge in [0.1, 0.15) is 11.6 Å². The first-order valence-corrected chi connectivity index (χ1v) is 14.3. The van der Waals surface area contributed by atoms with Crippen LogP contribution in [0, 0.1) is 11.7 Å². The maximum absolute atomic E-state index is 14.6. The van der Waals surface area contributed by atoms with E-state index in [-0.39, 0.29) is 49.1 Å². The van der Waals surface area contributed by atoms with E-state index in [9.17, 15) is 19.1 Å². The summed E-state index contributed by atoms with van der Waals surface area (Å²) in [5, 5.41) is 20.5. The van der Waals surface area contributed by atoms with Gasteiger partial charge in [-0.05, 0) is 60.9 Å². The number of hydrogen-bond acceptors (Lipinski definition) is 6. The van der Waals surface area contributed by atoms with Crippen molar-refractivity contribution in [2.75, 3.05) is 33.4 Å². The lowest BCUT2D eigenvalue weighted by Gasteiger charge is -2.28. The smallest absolute Gasteiger partial charge is 0.220 e. The average molecular weight is 556 g/mol. The van der Waals surface area contributed by atoms with E-state index in [0.29, 0.717) is 37.5 Å². The first kappa shape index (κ1) is 30.0. The molecule has 8 nitrogen and oxygen atoms in total. The van der Waals surface area contributed by atoms with Crippen molar-refractivity contribution < 1.29 is 28.6 Å². The van der Waals surface area contributed by atoms with Gasteiger partial charge in [0.25, 0.3) is 0 Å². The Labute approximate surface area is 236 Å². The quantitative estimate of drug-likeness (QED) is 0.399. The summed E-state index contributed by atoms with van der Waals surface area (Å²) < 4.78 is 25.8. The van der Waals surface area contributed by atoms with E-state index in [0.717, 1.165) is 19.3 Å². The summed E-state index contributed by atoms with van der Waals surface area (Å²) >= 11 is 0. The van der Waals surface area contributed by atoms with Crippen molar-refractivity contribution in [1.82, 2.24) is 16.0 Å². The Morgan fingerprint density at radius 3 is 2.73 bits per heavy atom. The van der Waals surface area contributed by atoms with E-state index >= 15 is 0 Å². The zero-order chi connectivity index (χ0) is 28.5. The highest BCUT2D eigenvalue weighted by Crippen LogP contribution is 2.45. The highest BCUT2D eigenvalue weighted by molar-refractivity contribution is 5.83. The van der Waals surface area contributed by atoms with Crippen LogP contribution in [0.1, 0.15) is 55.7 Å². The number of nitrogens with one attached hydrogen (secondary N) is 3. The molecule has 1 heterocycles. The number of carbonyl (C=O) groups excluding carboxylic acids is 2. The van der Waals surface area contributed by atoms with Gasteiger partial charge in [-0.15, -0.1) is 0 Å². The topological polar surface area (TPSA) is 109 Å². The summed E-state index contributed by atoms with van der Waals surface area (Å²) in [7, 11) is 1.60. The lowest BCUT2D eigenvalue weighted by Crippen LogP contribution is -2.50. The second-order valence-corrected chi connectivity index (χ2v) is 11.0. The highest BCUT2D eigenvalue weighted by Gasteiger charge is 2.44. The molecular weight excluding hydrogens is 513 g/mol. The van der Waals surface area contributed by atoms with E-state index in [1.165, 1.54) is 23.3 Å². The summed E-state index contributed by atoms with van der Waals surface area (Å²) in [5.41, 5.74) is 2.87. The van der Waals surface area contributed by atoms with Crippen molar-refractivity contribution >= 4 is 11.8 Å². The van der Waals surface area contributed by atoms with Crippen molar-refractivity contribution in [1.29, 1.82) is 0 Å². The molecule has 0 aromatic heterocycles. The molecule has 1 aliphatic carbocycles. The lowest BCUT2D eigenvalue weighted by molar-refractivity contribution is -0.127. The Morgan fingerprint density at radius 1 is 1.18 bits per heavy atom. The molecule has 3 unspecified atom stereocenters. The van der Waals surface area contributed by atoms with E-state index < -0.39 is 18.0 Å². The number of aliphatic hydroxyl groups is 1. The molecule has 0 radical (unpaired) electrons. The molecule has 0 spiro atoms. The van der Waals surface area contributed by atoms with Crippen LogP contribution in [0.5, 0.6) is 5.75 Å². The number of aryl methyl sites for hydroxylation is 1. The first-order valence-electron chi connectivity index (χ1n) is 14.3. The Bertz CT molecular complexity index is 1160. The number of benzene rings is 2. The highest BCUT2D eigenvalue weighted by atomic mass is 19.1. The minimum atomic E-state index is -0.942. The number of hydrogen-bond donors (Lipinski definition) is 4. The Morgan fingerprint density at radius 2 is 1.98 bits per heavy atom. The van der Waals surface area contributed by atoms with Crippen LogP contribution in [0.25, 0.3) is 0 Å². The number of fused-ring (bicyclic) bond motifs is 2. The molecule has 0 saturated heterocycles. The largest absolute Gasteiger partial charge is 0.493 e. The normalized spacial score (nSPS) is 22.5. The second kappa shape index (κ2) is 14.1. The molecule has 4 N–H and O–H groups in total. The number of amides is 2. The van der Waals surface area contributed by atoms with Crippen LogP contribution in [0.15, 0.2) is 42.5 Å². The van der Waals surface area contributed by atoms with Crippen LogP contribution in [0.2, 0.25) is 0 Å². The Hall–Kier alpha value is -3.01. The van der Waals surface area contributed by atoms with Crippen LogP contribution < -0.4 is 20.7 Å². The molecular formula is C31H42FN3O5. The molecule has 2 aromatic rings. The molecule has 2 aliphatic rings. The van der Waals surface area contributed by atoms with Crippen LogP contribution in [-0.2, 0) is 32.7 Å². The molecule has 218 valence electrons. The van der Waals surface area contributed by atoms with E-state index in [2.05, 4.69) is 47.1 Å². The summed E-state index contributed by atoms with van der Waals surface area (Å²) in [6, 6.07) is 12.3. The Balaban J connectivity index is 1.50. The zero-order valence-corrected chi connectivity index (χ0v) is 23.5. The first-order chi connectivity index (χ1) is 19.3. The summed E-state index contributed by atoms with van der Waals surface area (Å²) in [4.78, 5) is 25.1. The SMILES string of the molecule is CCc1cccc(C2(NCC(O)C3Cc4cc(F)cc(c4)OCC(COC)CCNC(=O)CCC(=O)N3)CC2)c1. The number of methoxy groups -OCH3 is 1. The van der Waals surface area contributed by atoms with Gasteiger partial charge in [-0.2, -0.15) is 0 Å². The fourth-order valence-corrected chi connectivity index (χ4v) is 5.26. The molecule has 1 fully saturated rings. The summed E-state index contributed by atoms with van der Waals surface area (Å²) in [6.45, 7) is 3.54. The number of aliphatic hydroxyl groups excluding tert-OH is 1. The van der Waals surface area contributed by atoms with Crippen LogP contribution >= 0.6 is 0 Å². The van der Waals surface area contributed by atoms with Gasteiger partial charge < -0.3 is 30.5 Å². The predicted octanol–water partition coefficient (Wildman–Crippen LogP) is 3.00. The van der Waals surface area contributed by atoms with Gasteiger partial charge in [-0.1, -0.05) is 31.2 Å². The van der Waals surface area contributed by atoms with Gasteiger partial charge in [0, 0.05) is 50.6 Å². The predicted molar refractivity (Wildman–Crippen MR) is 150 cm³/mol. The molecule has 40 heavy (non-hydrogen) atoms. The monoisotopic (exact) mass is 555 g/mol. The summed E-state index contributed by atoms with van der Waals surface area (Å²) in [6.07, 6.45) is 2.80. The van der Waals surface area contributed by atoms with Gasteiger partial charge >= 0.3 is 0 Å². The molecule has 2 aromatic carbocycles. The van der Waals surface area contributed by atoms with Gasteiger partial charge in [0.15, 0.2) is 0 Å². The molecule has 4 rings (SSSR count). The van der Waals surface area contributed by atoms with E-state index in [1.807, 2.05) is 0 Å². The Kier molecular flexibility index (Phi) is 10.5. The van der Waals surface area contributed by atoms with Gasteiger partial charge in [-0.3, -0.25) is 9.59 Å². The van der Waals surface area contributed by atoms with Crippen molar-refractivity contribution in [3.63, 3.8) is 0 Å². The molecule has 1 saturated carbocycles. The average Bonchev–Trinajstić information content (AvgIpc) is 3.74. The summed E-state index contributed by atoms with van der Waals surface area (Å²) in [5.74, 6) is -0.627. The van der Waals surface area contributed by atoms with Gasteiger partial charge in [-0.25, -0.2) is 4.39 Å². The lowest BCUT2D eigenvalue weighted by atomic mass is 9.98. The number of ether oxygens (including phenoxy) is 2. The molecule has 3 atom stereocenters. The van der Waals surface area contributed by atoms with Crippen molar-refractivity contribution in [2.24, 2.45) is 5.92 Å². The third-order valence-electron chi connectivity index (χ3n) is 7.83. The maximum Gasteiger partial charge on any atom is 0.220 e. The third kappa shape index (κ3) is 8.49. The minimum absolute atomic E-state index is 0.00151. The maximum atomic E-state index is 14.6. The number of carbonyl (C=O) groups is 2. The molecule has 1 aliphatic heterocycles. The second-order valence-electron chi connectivity index (χ2n) is 11.0. The number of halogens is 1. The number of rotatable bonds is 8. The van der Waals surface area contributed by atoms with Crippen LogP contribution in [0.4, 0.5) is 4.39 Å². The fraction of sp³-hybridized carbons (Fsp3) is 0.548. The minimum Gasteiger partial charge on any atom is -0.493 e. The van der Waals surface area contributed by atoms with Crippen LogP contribution in [0.3, 0.4) is 0 Å². The van der Waals surface area contributed by atoms with Crippen molar-refractivity contribution in [3.8, 4) is 5.75 Å². The fourth-order valence-electron chi connectivity index (χ4n) is 5.26. The third-order valence-corrected chi connectivity index (χ3v) is 7.83. The molecule has 9 heteroatoms. The standard InChI is InChI=1S/C31H42FN3O5/c1-3-21-5-4-6-24(13-21)31(10-11-31)34-18-28(36)27-16-23-14-25(32)17-26(15-23)40-20-22(19-39-2)9-12-33-29(37)7-8-30(38)35-27/h4-6,13-15,17,22,27-28,34,36H,3,7-12,16,18-20H2,1-2H3,(H,33,37)(H,35,38). The zero-order valence-electron chi connectivity index (χ0n) is 23.5. The molecule has 2 bridgehead atoms. The van der Waals surface area contributed by atoms with Gasteiger partial charge in [0.2, 0.25) is 11.8 Å².